The van der Waals surface area contributed by atoms with Crippen molar-refractivity contribution >= 4 is 0 Å². The van der Waals surface area contributed by atoms with Gasteiger partial charge in [-0.25, -0.2) is 0 Å². The second-order valence-electron chi connectivity index (χ2n) is 7.32. The molecule has 0 aromatic rings. The van der Waals surface area contributed by atoms with E-state index in [0.717, 1.165) is 19.5 Å². The van der Waals surface area contributed by atoms with Crippen LogP contribution in [0.4, 0.5) is 13.2 Å². The van der Waals surface area contributed by atoms with Crippen LogP contribution >= 0.6 is 0 Å². The Morgan fingerprint density at radius 3 is 2.38 bits per heavy atom. The molecule has 3 nitrogen and oxygen atoms in total. The van der Waals surface area contributed by atoms with Gasteiger partial charge in [0.1, 0.15) is 6.61 Å². The summed E-state index contributed by atoms with van der Waals surface area (Å²) in [6.07, 6.45) is -3.26. The lowest BCUT2D eigenvalue weighted by Crippen LogP contribution is -2.66. The number of rotatable bonds is 5. The van der Waals surface area contributed by atoms with E-state index in [2.05, 4.69) is 44.8 Å². The summed E-state index contributed by atoms with van der Waals surface area (Å²) in [4.78, 5) is 2.27. The van der Waals surface area contributed by atoms with Crippen molar-refractivity contribution in [2.24, 2.45) is 5.41 Å². The molecule has 126 valence electrons. The summed E-state index contributed by atoms with van der Waals surface area (Å²) < 4.78 is 41.1. The topological polar surface area (TPSA) is 24.5 Å². The second kappa shape index (κ2) is 6.84. The van der Waals surface area contributed by atoms with Crippen LogP contribution < -0.4 is 5.32 Å². The monoisotopic (exact) mass is 310 g/mol. The van der Waals surface area contributed by atoms with Crippen molar-refractivity contribution in [1.29, 1.82) is 0 Å². The molecule has 1 fully saturated rings. The SMILES string of the molecule is CCC1(C)CN(CCOCC(F)(F)F)C(C(C)(C)C)CN1. The number of hydrogen-bond donors (Lipinski definition) is 1. The molecule has 1 saturated heterocycles. The molecular weight excluding hydrogens is 281 g/mol. The molecule has 0 aromatic heterocycles. The first-order chi connectivity index (χ1) is 9.47. The fourth-order valence-corrected chi connectivity index (χ4v) is 2.78. The quantitative estimate of drug-likeness (QED) is 0.790. The van der Waals surface area contributed by atoms with Crippen LogP contribution in [0.3, 0.4) is 0 Å². The van der Waals surface area contributed by atoms with Gasteiger partial charge in [-0.3, -0.25) is 4.90 Å². The molecule has 1 rings (SSSR count). The minimum Gasteiger partial charge on any atom is -0.371 e. The van der Waals surface area contributed by atoms with Crippen LogP contribution in [-0.2, 0) is 4.74 Å². The van der Waals surface area contributed by atoms with Gasteiger partial charge in [0.15, 0.2) is 0 Å². The van der Waals surface area contributed by atoms with Crippen molar-refractivity contribution in [3.63, 3.8) is 0 Å². The highest BCUT2D eigenvalue weighted by Gasteiger charge is 2.39. The average Bonchev–Trinajstić information content (AvgIpc) is 2.32. The molecule has 1 aliphatic rings. The van der Waals surface area contributed by atoms with Gasteiger partial charge >= 0.3 is 6.18 Å². The molecular formula is C15H29F3N2O. The van der Waals surface area contributed by atoms with Crippen molar-refractivity contribution in [1.82, 2.24) is 10.2 Å². The van der Waals surface area contributed by atoms with Gasteiger partial charge in [0.05, 0.1) is 6.61 Å². The van der Waals surface area contributed by atoms with Crippen molar-refractivity contribution < 1.29 is 17.9 Å². The molecule has 21 heavy (non-hydrogen) atoms. The molecule has 2 atom stereocenters. The Balaban J connectivity index is 2.59. The molecule has 0 amide bonds. The maximum absolute atomic E-state index is 12.1. The lowest BCUT2D eigenvalue weighted by molar-refractivity contribution is -0.175. The van der Waals surface area contributed by atoms with Gasteiger partial charge in [0.2, 0.25) is 0 Å². The lowest BCUT2D eigenvalue weighted by Gasteiger charge is -2.50. The van der Waals surface area contributed by atoms with Gasteiger partial charge in [-0.05, 0) is 18.8 Å². The molecule has 0 spiro atoms. The molecule has 0 aliphatic carbocycles. The smallest absolute Gasteiger partial charge is 0.371 e. The van der Waals surface area contributed by atoms with Crippen LogP contribution in [-0.4, -0.2) is 55.5 Å². The summed E-state index contributed by atoms with van der Waals surface area (Å²) >= 11 is 0. The summed E-state index contributed by atoms with van der Waals surface area (Å²) in [6, 6.07) is 0.298. The van der Waals surface area contributed by atoms with E-state index in [1.807, 2.05) is 0 Å². The summed E-state index contributed by atoms with van der Waals surface area (Å²) in [5.41, 5.74) is 0.0951. The molecule has 0 aromatic carbocycles. The number of piperazine rings is 1. The maximum atomic E-state index is 12.1. The normalized spacial score (nSPS) is 28.9. The van der Waals surface area contributed by atoms with Crippen LogP contribution in [0, 0.1) is 5.41 Å². The first kappa shape index (κ1) is 18.7. The van der Waals surface area contributed by atoms with Gasteiger partial charge in [-0.1, -0.05) is 27.7 Å². The molecule has 0 bridgehead atoms. The Labute approximate surface area is 126 Å². The number of ether oxygens (including phenoxy) is 1. The van der Waals surface area contributed by atoms with Gasteiger partial charge in [0, 0.05) is 31.2 Å². The molecule has 1 aliphatic heterocycles. The number of nitrogens with one attached hydrogen (secondary N) is 1. The van der Waals surface area contributed by atoms with Crippen LogP contribution in [0.1, 0.15) is 41.0 Å². The van der Waals surface area contributed by atoms with Gasteiger partial charge < -0.3 is 10.1 Å². The highest BCUT2D eigenvalue weighted by Crippen LogP contribution is 2.29. The zero-order valence-electron chi connectivity index (χ0n) is 13.8. The third-order valence-electron chi connectivity index (χ3n) is 4.28. The van der Waals surface area contributed by atoms with Gasteiger partial charge in [0.25, 0.3) is 0 Å². The number of alkyl halides is 3. The average molecular weight is 310 g/mol. The maximum Gasteiger partial charge on any atom is 0.411 e. The summed E-state index contributed by atoms with van der Waals surface area (Å²) in [5.74, 6) is 0. The highest BCUT2D eigenvalue weighted by atomic mass is 19.4. The van der Waals surface area contributed by atoms with Gasteiger partial charge in [-0.15, -0.1) is 0 Å². The number of nitrogens with zero attached hydrogens (tertiary/aromatic N) is 1. The highest BCUT2D eigenvalue weighted by molar-refractivity contribution is 4.98. The largest absolute Gasteiger partial charge is 0.411 e. The summed E-state index contributed by atoms with van der Waals surface area (Å²) in [7, 11) is 0. The van der Waals surface area contributed by atoms with Crippen molar-refractivity contribution in [3.05, 3.63) is 0 Å². The van der Waals surface area contributed by atoms with Crippen LogP contribution in [0.25, 0.3) is 0 Å². The van der Waals surface area contributed by atoms with E-state index < -0.39 is 12.8 Å². The Bertz CT molecular complexity index is 328. The van der Waals surface area contributed by atoms with Crippen molar-refractivity contribution in [2.45, 2.75) is 58.8 Å². The third kappa shape index (κ3) is 6.12. The zero-order chi connectivity index (χ0) is 16.3. The van der Waals surface area contributed by atoms with Crippen molar-refractivity contribution in [2.75, 3.05) is 32.8 Å². The molecule has 1 heterocycles. The van der Waals surface area contributed by atoms with E-state index in [-0.39, 0.29) is 17.6 Å². The molecule has 0 radical (unpaired) electrons. The first-order valence-electron chi connectivity index (χ1n) is 7.60. The Morgan fingerprint density at radius 2 is 1.90 bits per heavy atom. The fraction of sp³-hybridized carbons (Fsp3) is 1.00. The zero-order valence-corrected chi connectivity index (χ0v) is 13.8. The molecule has 6 heteroatoms. The van der Waals surface area contributed by atoms with E-state index in [9.17, 15) is 13.2 Å². The van der Waals surface area contributed by atoms with E-state index in [4.69, 9.17) is 4.74 Å². The number of halogens is 3. The third-order valence-corrected chi connectivity index (χ3v) is 4.28. The summed E-state index contributed by atoms with van der Waals surface area (Å²) in [6.45, 7) is 12.0. The standard InChI is InChI=1S/C15H29F3N2O/c1-6-14(5)10-20(7-8-21-11-15(16,17)18)12(9-19-14)13(2,3)4/h12,19H,6-11H2,1-5H3. The van der Waals surface area contributed by atoms with Crippen LogP contribution in [0.15, 0.2) is 0 Å². The minimum absolute atomic E-state index is 0.0196. The Morgan fingerprint density at radius 1 is 1.29 bits per heavy atom. The number of hydrogen-bond acceptors (Lipinski definition) is 3. The Kier molecular flexibility index (Phi) is 6.09. The Hall–Kier alpha value is -0.330. The lowest BCUT2D eigenvalue weighted by atomic mass is 9.81. The van der Waals surface area contributed by atoms with E-state index in [1.54, 1.807) is 0 Å². The van der Waals surface area contributed by atoms with E-state index in [1.165, 1.54) is 0 Å². The van der Waals surface area contributed by atoms with Crippen LogP contribution in [0.2, 0.25) is 0 Å². The molecule has 1 N–H and O–H groups in total. The first-order valence-corrected chi connectivity index (χ1v) is 7.60. The predicted molar refractivity (Wildman–Crippen MR) is 78.4 cm³/mol. The second-order valence-corrected chi connectivity index (χ2v) is 7.32. The van der Waals surface area contributed by atoms with Crippen LogP contribution in [0.5, 0.6) is 0 Å². The molecule has 0 saturated carbocycles. The van der Waals surface area contributed by atoms with Gasteiger partial charge in [-0.2, -0.15) is 13.2 Å². The summed E-state index contributed by atoms with van der Waals surface area (Å²) in [5, 5.41) is 3.58. The fourth-order valence-electron chi connectivity index (χ4n) is 2.78. The molecule has 2 unspecified atom stereocenters. The minimum atomic E-state index is -4.25. The van der Waals surface area contributed by atoms with Crippen molar-refractivity contribution in [3.8, 4) is 0 Å². The predicted octanol–water partition coefficient (Wildman–Crippen LogP) is 3.05. The van der Waals surface area contributed by atoms with E-state index in [0.29, 0.717) is 12.6 Å². The van der Waals surface area contributed by atoms with E-state index >= 15 is 0 Å².